The number of aromatic nitrogens is 2. The minimum Gasteiger partial charge on any atom is -0.349 e. The molecule has 2 aromatic carbocycles. The third-order valence-electron chi connectivity index (χ3n) is 4.37. The van der Waals surface area contributed by atoms with E-state index in [0.717, 1.165) is 31.2 Å². The lowest BCUT2D eigenvalue weighted by atomic mass is 10.1. The van der Waals surface area contributed by atoms with E-state index in [1.165, 1.54) is 11.8 Å². The second-order valence-electron chi connectivity index (χ2n) is 6.36. The quantitative estimate of drug-likeness (QED) is 0.348. The van der Waals surface area contributed by atoms with Gasteiger partial charge in [0.15, 0.2) is 0 Å². The predicted octanol–water partition coefficient (Wildman–Crippen LogP) is 5.33. The van der Waals surface area contributed by atoms with Gasteiger partial charge in [-0.3, -0.25) is 4.79 Å². The van der Waals surface area contributed by atoms with Crippen LogP contribution >= 0.6 is 23.1 Å². The number of rotatable bonds is 6. The second-order valence-corrected chi connectivity index (χ2v) is 8.36. The molecule has 1 atom stereocenters. The predicted molar refractivity (Wildman–Crippen MR) is 117 cm³/mol. The van der Waals surface area contributed by atoms with Crippen molar-refractivity contribution in [2.75, 3.05) is 5.75 Å². The number of thioether (sulfide) groups is 1. The van der Waals surface area contributed by atoms with E-state index in [0.29, 0.717) is 5.75 Å². The summed E-state index contributed by atoms with van der Waals surface area (Å²) in [4.78, 5) is 23.3. The molecule has 28 heavy (non-hydrogen) atoms. The van der Waals surface area contributed by atoms with Crippen LogP contribution in [0.25, 0.3) is 20.7 Å². The zero-order valence-electron chi connectivity index (χ0n) is 15.3. The van der Waals surface area contributed by atoms with Crippen molar-refractivity contribution >= 4 is 39.2 Å². The Hall–Kier alpha value is -2.70. The number of amides is 1. The van der Waals surface area contributed by atoms with E-state index in [9.17, 15) is 4.79 Å². The molecule has 4 rings (SSSR count). The molecule has 2 heterocycles. The third-order valence-corrected chi connectivity index (χ3v) is 6.47. The smallest absolute Gasteiger partial charge is 0.230 e. The molecule has 0 unspecified atom stereocenters. The van der Waals surface area contributed by atoms with E-state index in [1.807, 2.05) is 55.5 Å². The average Bonchev–Trinajstić information content (AvgIpc) is 3.18. The molecule has 0 saturated heterocycles. The first kappa shape index (κ1) is 18.7. The van der Waals surface area contributed by atoms with Gasteiger partial charge in [0, 0.05) is 10.3 Å². The largest absolute Gasteiger partial charge is 0.349 e. The van der Waals surface area contributed by atoms with E-state index in [1.54, 1.807) is 17.7 Å². The first-order valence-corrected chi connectivity index (χ1v) is 10.8. The van der Waals surface area contributed by atoms with Gasteiger partial charge in [-0.2, -0.15) is 0 Å². The molecule has 0 aliphatic heterocycles. The highest BCUT2D eigenvalue weighted by atomic mass is 32.2. The van der Waals surface area contributed by atoms with Gasteiger partial charge >= 0.3 is 0 Å². The highest BCUT2D eigenvalue weighted by Gasteiger charge is 2.14. The molecule has 0 radical (unpaired) electrons. The minimum absolute atomic E-state index is 0.00775. The Morgan fingerprint density at radius 1 is 1.07 bits per heavy atom. The summed E-state index contributed by atoms with van der Waals surface area (Å²) in [5, 5.41) is 4.88. The molecule has 0 spiro atoms. The van der Waals surface area contributed by atoms with Crippen molar-refractivity contribution in [1.29, 1.82) is 0 Å². The number of nitrogens with zero attached hydrogens (tertiary/aromatic N) is 2. The molecule has 1 N–H and O–H groups in total. The molecule has 0 aliphatic rings. The molecule has 4 aromatic rings. The van der Waals surface area contributed by atoms with Crippen LogP contribution in [0.4, 0.5) is 0 Å². The van der Waals surface area contributed by atoms with E-state index < -0.39 is 0 Å². The number of benzene rings is 2. The lowest BCUT2D eigenvalue weighted by molar-refractivity contribution is -0.119. The molecule has 140 valence electrons. The van der Waals surface area contributed by atoms with Crippen LogP contribution in [0.15, 0.2) is 78.1 Å². The monoisotopic (exact) mass is 405 g/mol. The van der Waals surface area contributed by atoms with Crippen LogP contribution in [0.3, 0.4) is 0 Å². The number of nitrogens with one attached hydrogen (secondary N) is 1. The van der Waals surface area contributed by atoms with Crippen LogP contribution in [0, 0.1) is 0 Å². The maximum absolute atomic E-state index is 12.4. The second kappa shape index (κ2) is 8.54. The Bertz CT molecular complexity index is 1080. The number of carbonyl (C=O) groups is 1. The molecule has 1 amide bonds. The van der Waals surface area contributed by atoms with Crippen LogP contribution in [-0.4, -0.2) is 21.6 Å². The van der Waals surface area contributed by atoms with Crippen LogP contribution in [0.1, 0.15) is 18.5 Å². The lowest BCUT2D eigenvalue weighted by Crippen LogP contribution is -2.28. The van der Waals surface area contributed by atoms with Gasteiger partial charge in [-0.05, 0) is 24.1 Å². The highest BCUT2D eigenvalue weighted by Crippen LogP contribution is 2.36. The number of fused-ring (bicyclic) bond motifs is 1. The highest BCUT2D eigenvalue weighted by molar-refractivity contribution is 8.00. The van der Waals surface area contributed by atoms with E-state index in [2.05, 4.69) is 33.5 Å². The SMILES string of the molecule is C[C@@H](NC(=O)CSc1ncnc2sc(-c3ccccc3)cc12)c1ccccc1. The van der Waals surface area contributed by atoms with Crippen LogP contribution in [-0.2, 0) is 4.79 Å². The summed E-state index contributed by atoms with van der Waals surface area (Å²) < 4.78 is 0. The fourth-order valence-electron chi connectivity index (χ4n) is 2.94. The summed E-state index contributed by atoms with van der Waals surface area (Å²) >= 11 is 3.09. The topological polar surface area (TPSA) is 54.9 Å². The maximum atomic E-state index is 12.4. The molecule has 0 fully saturated rings. The summed E-state index contributed by atoms with van der Waals surface area (Å²) in [5.41, 5.74) is 2.26. The lowest BCUT2D eigenvalue weighted by Gasteiger charge is -2.14. The van der Waals surface area contributed by atoms with E-state index >= 15 is 0 Å². The average molecular weight is 406 g/mol. The van der Waals surface area contributed by atoms with Crippen molar-refractivity contribution < 1.29 is 4.79 Å². The summed E-state index contributed by atoms with van der Waals surface area (Å²) in [6.45, 7) is 1.99. The van der Waals surface area contributed by atoms with Crippen molar-refractivity contribution in [1.82, 2.24) is 15.3 Å². The molecule has 0 aliphatic carbocycles. The summed E-state index contributed by atoms with van der Waals surface area (Å²) in [5.74, 6) is 0.311. The minimum atomic E-state index is -0.0226. The molecule has 4 nitrogen and oxygen atoms in total. The van der Waals surface area contributed by atoms with Crippen molar-refractivity contribution in [2.24, 2.45) is 0 Å². The fraction of sp³-hybridized carbons (Fsp3) is 0.136. The van der Waals surface area contributed by atoms with E-state index in [-0.39, 0.29) is 11.9 Å². The summed E-state index contributed by atoms with van der Waals surface area (Å²) in [6.07, 6.45) is 1.57. The van der Waals surface area contributed by atoms with Gasteiger partial charge < -0.3 is 5.32 Å². The van der Waals surface area contributed by atoms with Crippen molar-refractivity contribution in [3.05, 3.63) is 78.6 Å². The summed E-state index contributed by atoms with van der Waals surface area (Å²) in [6, 6.07) is 22.3. The van der Waals surface area contributed by atoms with Gasteiger partial charge in [-0.1, -0.05) is 72.4 Å². The number of thiophene rings is 1. The van der Waals surface area contributed by atoms with Gasteiger partial charge in [0.1, 0.15) is 16.2 Å². The summed E-state index contributed by atoms with van der Waals surface area (Å²) in [7, 11) is 0. The van der Waals surface area contributed by atoms with Gasteiger partial charge in [0.05, 0.1) is 11.8 Å². The molecule has 0 saturated carbocycles. The zero-order chi connectivity index (χ0) is 19.3. The van der Waals surface area contributed by atoms with Gasteiger partial charge in [-0.25, -0.2) is 9.97 Å². The molecular weight excluding hydrogens is 386 g/mol. The Balaban J connectivity index is 1.46. The van der Waals surface area contributed by atoms with Crippen LogP contribution in [0.2, 0.25) is 0 Å². The number of hydrogen-bond donors (Lipinski definition) is 1. The van der Waals surface area contributed by atoms with Gasteiger partial charge in [0.2, 0.25) is 5.91 Å². The van der Waals surface area contributed by atoms with Gasteiger partial charge in [-0.15, -0.1) is 11.3 Å². The zero-order valence-corrected chi connectivity index (χ0v) is 17.0. The first-order chi connectivity index (χ1) is 13.7. The standard InChI is InChI=1S/C22H19N3OS2/c1-15(16-8-4-2-5-9-16)25-20(26)13-27-21-18-12-19(17-10-6-3-7-11-17)28-22(18)24-14-23-21/h2-12,14-15H,13H2,1H3,(H,25,26)/t15-/m1/s1. The van der Waals surface area contributed by atoms with Gasteiger partial charge in [0.25, 0.3) is 0 Å². The maximum Gasteiger partial charge on any atom is 0.230 e. The number of hydrogen-bond acceptors (Lipinski definition) is 5. The van der Waals surface area contributed by atoms with Crippen molar-refractivity contribution in [2.45, 2.75) is 18.0 Å². The molecule has 2 aromatic heterocycles. The Morgan fingerprint density at radius 3 is 2.54 bits per heavy atom. The Labute approximate surface area is 172 Å². The molecular formula is C22H19N3OS2. The third kappa shape index (κ3) is 4.24. The number of carbonyl (C=O) groups excluding carboxylic acids is 1. The van der Waals surface area contributed by atoms with E-state index in [4.69, 9.17) is 0 Å². The molecule has 0 bridgehead atoms. The Kier molecular flexibility index (Phi) is 5.69. The fourth-order valence-corrected chi connectivity index (χ4v) is 4.79. The van der Waals surface area contributed by atoms with Crippen LogP contribution < -0.4 is 5.32 Å². The van der Waals surface area contributed by atoms with Crippen molar-refractivity contribution in [3.63, 3.8) is 0 Å². The first-order valence-electron chi connectivity index (χ1n) is 8.98. The van der Waals surface area contributed by atoms with Crippen molar-refractivity contribution in [3.8, 4) is 10.4 Å². The molecule has 6 heteroatoms. The Morgan fingerprint density at radius 2 is 1.79 bits per heavy atom. The van der Waals surface area contributed by atoms with Crippen LogP contribution in [0.5, 0.6) is 0 Å². The normalized spacial score (nSPS) is 12.0.